The van der Waals surface area contributed by atoms with Gasteiger partial charge in [-0.05, 0) is 36.8 Å². The van der Waals surface area contributed by atoms with Crippen LogP contribution in [0.3, 0.4) is 0 Å². The first-order chi connectivity index (χ1) is 12.7. The molecule has 26 heavy (non-hydrogen) atoms. The predicted octanol–water partition coefficient (Wildman–Crippen LogP) is 3.38. The lowest BCUT2D eigenvalue weighted by molar-refractivity contribution is -0.116. The summed E-state index contributed by atoms with van der Waals surface area (Å²) in [4.78, 5) is 12.4. The van der Waals surface area contributed by atoms with Crippen LogP contribution in [0.5, 0.6) is 11.5 Å². The molecule has 3 heterocycles. The zero-order valence-corrected chi connectivity index (χ0v) is 14.2. The maximum absolute atomic E-state index is 12.4. The third-order valence-electron chi connectivity index (χ3n) is 4.90. The lowest BCUT2D eigenvalue weighted by atomic mass is 9.85. The predicted molar refractivity (Wildman–Crippen MR) is 96.0 cm³/mol. The van der Waals surface area contributed by atoms with Crippen molar-refractivity contribution in [2.45, 2.75) is 19.3 Å². The molecule has 1 aromatic heterocycles. The maximum atomic E-state index is 12.4. The number of para-hydroxylation sites is 1. The third kappa shape index (κ3) is 2.26. The van der Waals surface area contributed by atoms with Gasteiger partial charge in [-0.15, -0.1) is 0 Å². The number of hydrogen-bond donors (Lipinski definition) is 1. The van der Waals surface area contributed by atoms with Gasteiger partial charge in [0, 0.05) is 17.9 Å². The van der Waals surface area contributed by atoms with E-state index in [1.165, 1.54) is 0 Å². The lowest BCUT2D eigenvalue weighted by Crippen LogP contribution is -2.24. The van der Waals surface area contributed by atoms with Crippen molar-refractivity contribution in [2.75, 3.05) is 12.1 Å². The number of benzene rings is 2. The van der Waals surface area contributed by atoms with Gasteiger partial charge in [-0.25, -0.2) is 4.68 Å². The highest BCUT2D eigenvalue weighted by atomic mass is 16.7. The molecule has 1 atom stereocenters. The molecular weight excluding hydrogens is 330 g/mol. The summed E-state index contributed by atoms with van der Waals surface area (Å²) in [5, 5.41) is 7.70. The molecule has 1 unspecified atom stereocenters. The summed E-state index contributed by atoms with van der Waals surface area (Å²) in [5.41, 5.74) is 3.91. The number of rotatable bonds is 2. The van der Waals surface area contributed by atoms with E-state index in [2.05, 4.69) is 5.32 Å². The van der Waals surface area contributed by atoms with Gasteiger partial charge in [0.15, 0.2) is 11.5 Å². The van der Waals surface area contributed by atoms with Gasteiger partial charge in [-0.1, -0.05) is 24.3 Å². The third-order valence-corrected chi connectivity index (χ3v) is 4.90. The number of nitrogens with one attached hydrogen (secondary N) is 1. The molecule has 5 rings (SSSR count). The van der Waals surface area contributed by atoms with Crippen LogP contribution in [-0.2, 0) is 4.79 Å². The molecule has 0 radical (unpaired) electrons. The van der Waals surface area contributed by atoms with E-state index in [-0.39, 0.29) is 18.6 Å². The number of carbonyl (C=O) groups is 1. The Labute approximate surface area is 150 Å². The van der Waals surface area contributed by atoms with Gasteiger partial charge >= 0.3 is 0 Å². The molecule has 2 aliphatic heterocycles. The van der Waals surface area contributed by atoms with Crippen LogP contribution in [-0.4, -0.2) is 22.5 Å². The number of fused-ring (bicyclic) bond motifs is 2. The molecule has 0 aliphatic carbocycles. The fourth-order valence-corrected chi connectivity index (χ4v) is 3.72. The number of aromatic nitrogens is 2. The first-order valence-electron chi connectivity index (χ1n) is 8.55. The van der Waals surface area contributed by atoms with Gasteiger partial charge < -0.3 is 14.8 Å². The van der Waals surface area contributed by atoms with E-state index in [1.807, 2.05) is 60.1 Å². The molecule has 0 bridgehead atoms. The van der Waals surface area contributed by atoms with Crippen LogP contribution in [0.4, 0.5) is 5.82 Å². The molecular formula is C20H17N3O3. The SMILES string of the molecule is Cc1nn(-c2ccccc2)c2c1C(c1ccc3c(c1)OCO3)CC(=O)N2. The highest BCUT2D eigenvalue weighted by Crippen LogP contribution is 2.43. The minimum absolute atomic E-state index is 0.0164. The molecule has 6 nitrogen and oxygen atoms in total. The zero-order chi connectivity index (χ0) is 17.7. The minimum atomic E-state index is -0.0642. The second kappa shape index (κ2) is 5.62. The van der Waals surface area contributed by atoms with Crippen LogP contribution in [0, 0.1) is 6.92 Å². The van der Waals surface area contributed by atoms with E-state index in [0.29, 0.717) is 6.42 Å². The molecule has 3 aromatic rings. The Hall–Kier alpha value is -3.28. The number of ether oxygens (including phenoxy) is 2. The topological polar surface area (TPSA) is 65.4 Å². The average Bonchev–Trinajstić information content (AvgIpc) is 3.25. The smallest absolute Gasteiger partial charge is 0.231 e. The molecule has 2 aromatic carbocycles. The molecule has 0 fully saturated rings. The van der Waals surface area contributed by atoms with E-state index in [4.69, 9.17) is 14.6 Å². The number of amides is 1. The van der Waals surface area contributed by atoms with Crippen LogP contribution in [0.2, 0.25) is 0 Å². The molecule has 0 spiro atoms. The summed E-state index contributed by atoms with van der Waals surface area (Å²) in [6.07, 6.45) is 0.383. The first-order valence-corrected chi connectivity index (χ1v) is 8.55. The van der Waals surface area contributed by atoms with Crippen molar-refractivity contribution in [3.8, 4) is 17.2 Å². The van der Waals surface area contributed by atoms with Crippen molar-refractivity contribution in [3.63, 3.8) is 0 Å². The van der Waals surface area contributed by atoms with Gasteiger partial charge in [-0.2, -0.15) is 5.10 Å². The molecule has 1 N–H and O–H groups in total. The Kier molecular flexibility index (Phi) is 3.25. The van der Waals surface area contributed by atoms with Crippen molar-refractivity contribution in [1.82, 2.24) is 9.78 Å². The quantitative estimate of drug-likeness (QED) is 0.772. The molecule has 2 aliphatic rings. The second-order valence-electron chi connectivity index (χ2n) is 6.51. The minimum Gasteiger partial charge on any atom is -0.454 e. The van der Waals surface area contributed by atoms with Gasteiger partial charge in [0.2, 0.25) is 12.7 Å². The van der Waals surface area contributed by atoms with Gasteiger partial charge in [-0.3, -0.25) is 4.79 Å². The van der Waals surface area contributed by atoms with E-state index in [0.717, 1.165) is 39.8 Å². The lowest BCUT2D eigenvalue weighted by Gasteiger charge is -2.24. The summed E-state index contributed by atoms with van der Waals surface area (Å²) in [5.74, 6) is 2.13. The van der Waals surface area contributed by atoms with Crippen molar-refractivity contribution in [2.24, 2.45) is 0 Å². The number of anilines is 1. The molecule has 130 valence electrons. The molecule has 0 saturated heterocycles. The van der Waals surface area contributed by atoms with Crippen molar-refractivity contribution in [1.29, 1.82) is 0 Å². The van der Waals surface area contributed by atoms with Gasteiger partial charge in [0.25, 0.3) is 0 Å². The largest absolute Gasteiger partial charge is 0.454 e. The fourth-order valence-electron chi connectivity index (χ4n) is 3.72. The first kappa shape index (κ1) is 15.0. The van der Waals surface area contributed by atoms with Crippen molar-refractivity contribution in [3.05, 3.63) is 65.4 Å². The van der Waals surface area contributed by atoms with E-state index in [9.17, 15) is 4.79 Å². The van der Waals surface area contributed by atoms with Crippen LogP contribution in [0.1, 0.15) is 29.2 Å². The Morgan fingerprint density at radius 3 is 2.77 bits per heavy atom. The van der Waals surface area contributed by atoms with Crippen LogP contribution < -0.4 is 14.8 Å². The number of carbonyl (C=O) groups excluding carboxylic acids is 1. The fraction of sp³-hybridized carbons (Fsp3) is 0.200. The summed E-state index contributed by atoms with van der Waals surface area (Å²) >= 11 is 0. The van der Waals surface area contributed by atoms with Crippen LogP contribution in [0.25, 0.3) is 5.69 Å². The summed E-state index contributed by atoms with van der Waals surface area (Å²) in [6, 6.07) is 15.7. The van der Waals surface area contributed by atoms with Gasteiger partial charge in [0.1, 0.15) is 5.82 Å². The molecule has 0 saturated carbocycles. The summed E-state index contributed by atoms with van der Waals surface area (Å²) in [7, 11) is 0. The Morgan fingerprint density at radius 1 is 1.12 bits per heavy atom. The van der Waals surface area contributed by atoms with Gasteiger partial charge in [0.05, 0.1) is 11.4 Å². The standard InChI is InChI=1S/C20H17N3O3/c1-12-19-15(13-7-8-16-17(9-13)26-11-25-16)10-18(24)21-20(19)23(22-12)14-5-3-2-4-6-14/h2-9,15H,10-11H2,1H3,(H,21,24). The van der Waals surface area contributed by atoms with E-state index >= 15 is 0 Å². The number of aryl methyl sites for hydroxylation is 1. The summed E-state index contributed by atoms with van der Waals surface area (Å²) in [6.45, 7) is 2.22. The number of hydrogen-bond acceptors (Lipinski definition) is 4. The van der Waals surface area contributed by atoms with E-state index in [1.54, 1.807) is 0 Å². The highest BCUT2D eigenvalue weighted by molar-refractivity contribution is 5.95. The van der Waals surface area contributed by atoms with Crippen LogP contribution >= 0.6 is 0 Å². The Bertz CT molecular complexity index is 1010. The molecule has 6 heteroatoms. The second-order valence-corrected chi connectivity index (χ2v) is 6.51. The number of nitrogens with zero attached hydrogens (tertiary/aromatic N) is 2. The van der Waals surface area contributed by atoms with E-state index < -0.39 is 0 Å². The van der Waals surface area contributed by atoms with Crippen LogP contribution in [0.15, 0.2) is 48.5 Å². The maximum Gasteiger partial charge on any atom is 0.231 e. The highest BCUT2D eigenvalue weighted by Gasteiger charge is 2.33. The van der Waals surface area contributed by atoms with Crippen molar-refractivity contribution < 1.29 is 14.3 Å². The molecule has 1 amide bonds. The Balaban J connectivity index is 1.65. The summed E-state index contributed by atoms with van der Waals surface area (Å²) < 4.78 is 12.7. The monoisotopic (exact) mass is 347 g/mol. The normalized spacial score (nSPS) is 17.7. The Morgan fingerprint density at radius 2 is 1.92 bits per heavy atom. The van der Waals surface area contributed by atoms with Crippen molar-refractivity contribution >= 4 is 11.7 Å². The average molecular weight is 347 g/mol. The zero-order valence-electron chi connectivity index (χ0n) is 14.2.